The Morgan fingerprint density at radius 1 is 1.32 bits per heavy atom. The molecule has 2 rings (SSSR count). The van der Waals surface area contributed by atoms with Gasteiger partial charge in [0.25, 0.3) is 0 Å². The highest BCUT2D eigenvalue weighted by atomic mass is 19.1. The van der Waals surface area contributed by atoms with Crippen molar-refractivity contribution in [3.05, 3.63) is 29.6 Å². The second-order valence-electron chi connectivity index (χ2n) is 5.51. The van der Waals surface area contributed by atoms with Gasteiger partial charge in [0.05, 0.1) is 7.11 Å². The second-order valence-corrected chi connectivity index (χ2v) is 5.51. The predicted octanol–water partition coefficient (Wildman–Crippen LogP) is 3.55. The quantitative estimate of drug-likeness (QED) is 0.841. The van der Waals surface area contributed by atoms with Gasteiger partial charge in [-0.2, -0.15) is 0 Å². The van der Waals surface area contributed by atoms with Crippen molar-refractivity contribution in [3.8, 4) is 5.75 Å². The van der Waals surface area contributed by atoms with E-state index in [0.29, 0.717) is 17.7 Å². The maximum Gasteiger partial charge on any atom is 0.168 e. The van der Waals surface area contributed by atoms with Gasteiger partial charge in [0.15, 0.2) is 11.6 Å². The number of halogens is 1. The van der Waals surface area contributed by atoms with Crippen LogP contribution in [-0.4, -0.2) is 20.2 Å². The van der Waals surface area contributed by atoms with Crippen LogP contribution in [0.25, 0.3) is 0 Å². The third-order valence-electron chi connectivity index (χ3n) is 4.21. The summed E-state index contributed by atoms with van der Waals surface area (Å²) in [7, 11) is 3.55. The Hall–Kier alpha value is -1.09. The standard InChI is InChI=1S/C16H24FNO/c1-18-14-8-4-3-6-12(11-14)10-13-7-5-9-15(19-2)16(13)17/h5,7,9,12,14,18H,3-4,6,8,10-11H2,1-2H3. The van der Waals surface area contributed by atoms with Crippen molar-refractivity contribution in [1.29, 1.82) is 0 Å². The van der Waals surface area contributed by atoms with Crippen LogP contribution in [-0.2, 0) is 6.42 Å². The van der Waals surface area contributed by atoms with Gasteiger partial charge >= 0.3 is 0 Å². The molecule has 0 radical (unpaired) electrons. The van der Waals surface area contributed by atoms with Crippen LogP contribution < -0.4 is 10.1 Å². The molecule has 2 unspecified atom stereocenters. The fraction of sp³-hybridized carbons (Fsp3) is 0.625. The molecule has 1 aliphatic rings. The lowest BCUT2D eigenvalue weighted by Gasteiger charge is -2.20. The lowest BCUT2D eigenvalue weighted by molar-refractivity contribution is 0.372. The molecule has 1 aromatic rings. The van der Waals surface area contributed by atoms with Gasteiger partial charge in [-0.05, 0) is 43.9 Å². The van der Waals surface area contributed by atoms with Crippen molar-refractivity contribution in [2.75, 3.05) is 14.2 Å². The van der Waals surface area contributed by atoms with Gasteiger partial charge in [0.1, 0.15) is 0 Å². The fourth-order valence-corrected chi connectivity index (χ4v) is 3.09. The monoisotopic (exact) mass is 265 g/mol. The molecule has 19 heavy (non-hydrogen) atoms. The van der Waals surface area contributed by atoms with Gasteiger partial charge in [-0.25, -0.2) is 4.39 Å². The molecule has 1 saturated carbocycles. The molecule has 1 N–H and O–H groups in total. The van der Waals surface area contributed by atoms with Crippen LogP contribution >= 0.6 is 0 Å². The molecule has 106 valence electrons. The lowest BCUT2D eigenvalue weighted by atomic mass is 9.91. The molecule has 2 nitrogen and oxygen atoms in total. The SMILES string of the molecule is CNC1CCCCC(Cc2cccc(OC)c2F)C1. The van der Waals surface area contributed by atoms with Crippen molar-refractivity contribution in [1.82, 2.24) is 5.32 Å². The second kappa shape index (κ2) is 6.90. The Morgan fingerprint density at radius 2 is 2.11 bits per heavy atom. The first-order chi connectivity index (χ1) is 9.24. The van der Waals surface area contributed by atoms with Gasteiger partial charge in [-0.1, -0.05) is 31.4 Å². The smallest absolute Gasteiger partial charge is 0.168 e. The van der Waals surface area contributed by atoms with E-state index in [0.717, 1.165) is 18.4 Å². The van der Waals surface area contributed by atoms with Gasteiger partial charge in [-0.15, -0.1) is 0 Å². The zero-order chi connectivity index (χ0) is 13.7. The number of benzene rings is 1. The number of methoxy groups -OCH3 is 1. The van der Waals surface area contributed by atoms with E-state index in [4.69, 9.17) is 4.74 Å². The molecule has 1 fully saturated rings. The van der Waals surface area contributed by atoms with Crippen LogP contribution in [0.4, 0.5) is 4.39 Å². The maximum absolute atomic E-state index is 14.2. The van der Waals surface area contributed by atoms with Crippen LogP contribution in [0.15, 0.2) is 18.2 Å². The molecule has 0 amide bonds. The van der Waals surface area contributed by atoms with Crippen LogP contribution in [0.2, 0.25) is 0 Å². The number of hydrogen-bond donors (Lipinski definition) is 1. The van der Waals surface area contributed by atoms with Crippen LogP contribution in [0, 0.1) is 11.7 Å². The van der Waals surface area contributed by atoms with Crippen molar-refractivity contribution in [2.45, 2.75) is 44.6 Å². The largest absolute Gasteiger partial charge is 0.494 e. The summed E-state index contributed by atoms with van der Waals surface area (Å²) in [6.45, 7) is 0. The molecular formula is C16H24FNO. The van der Waals surface area contributed by atoms with E-state index >= 15 is 0 Å². The molecule has 2 atom stereocenters. The molecule has 3 heteroatoms. The zero-order valence-electron chi connectivity index (χ0n) is 11.9. The number of hydrogen-bond acceptors (Lipinski definition) is 2. The van der Waals surface area contributed by atoms with Crippen molar-refractivity contribution < 1.29 is 9.13 Å². The Labute approximate surface area is 115 Å². The summed E-state index contributed by atoms with van der Waals surface area (Å²) in [5.74, 6) is 0.744. The highest BCUT2D eigenvalue weighted by Gasteiger charge is 2.21. The van der Waals surface area contributed by atoms with Crippen molar-refractivity contribution in [2.24, 2.45) is 5.92 Å². The first-order valence-corrected chi connectivity index (χ1v) is 7.23. The van der Waals surface area contributed by atoms with Crippen LogP contribution in [0.5, 0.6) is 5.75 Å². The van der Waals surface area contributed by atoms with E-state index in [1.807, 2.05) is 19.2 Å². The van der Waals surface area contributed by atoms with Crippen LogP contribution in [0.3, 0.4) is 0 Å². The number of nitrogens with one attached hydrogen (secondary N) is 1. The number of ether oxygens (including phenoxy) is 1. The van der Waals surface area contributed by atoms with E-state index in [1.54, 1.807) is 6.07 Å². The minimum Gasteiger partial charge on any atom is -0.494 e. The van der Waals surface area contributed by atoms with Crippen molar-refractivity contribution >= 4 is 0 Å². The van der Waals surface area contributed by atoms with Crippen molar-refractivity contribution in [3.63, 3.8) is 0 Å². The summed E-state index contributed by atoms with van der Waals surface area (Å²) in [4.78, 5) is 0. The van der Waals surface area contributed by atoms with Gasteiger partial charge < -0.3 is 10.1 Å². The molecule has 0 aliphatic heterocycles. The molecule has 0 heterocycles. The van der Waals surface area contributed by atoms with E-state index < -0.39 is 0 Å². The summed E-state index contributed by atoms with van der Waals surface area (Å²) in [6.07, 6.45) is 6.95. The summed E-state index contributed by atoms with van der Waals surface area (Å²) >= 11 is 0. The third kappa shape index (κ3) is 3.69. The summed E-state index contributed by atoms with van der Waals surface area (Å²) in [5, 5.41) is 3.38. The zero-order valence-corrected chi connectivity index (χ0v) is 11.9. The van der Waals surface area contributed by atoms with Gasteiger partial charge in [0.2, 0.25) is 0 Å². The Bertz CT molecular complexity index is 408. The van der Waals surface area contributed by atoms with E-state index in [-0.39, 0.29) is 5.82 Å². The Balaban J connectivity index is 2.07. The molecule has 0 aromatic heterocycles. The highest BCUT2D eigenvalue weighted by Crippen LogP contribution is 2.29. The average molecular weight is 265 g/mol. The molecule has 0 bridgehead atoms. The van der Waals surface area contributed by atoms with Gasteiger partial charge in [-0.3, -0.25) is 0 Å². The molecule has 0 spiro atoms. The number of rotatable bonds is 4. The molecule has 1 aromatic carbocycles. The summed E-state index contributed by atoms with van der Waals surface area (Å²) < 4.78 is 19.2. The molecular weight excluding hydrogens is 241 g/mol. The predicted molar refractivity (Wildman–Crippen MR) is 76.1 cm³/mol. The average Bonchev–Trinajstić information content (AvgIpc) is 2.66. The topological polar surface area (TPSA) is 21.3 Å². The van der Waals surface area contributed by atoms with E-state index in [2.05, 4.69) is 5.32 Å². The van der Waals surface area contributed by atoms with Gasteiger partial charge in [0, 0.05) is 6.04 Å². The summed E-state index contributed by atoms with van der Waals surface area (Å²) in [6, 6.07) is 6.03. The normalized spacial score (nSPS) is 23.9. The minimum atomic E-state index is -0.185. The lowest BCUT2D eigenvalue weighted by Crippen LogP contribution is -2.27. The minimum absolute atomic E-state index is 0.185. The summed E-state index contributed by atoms with van der Waals surface area (Å²) in [5.41, 5.74) is 0.793. The Morgan fingerprint density at radius 3 is 2.84 bits per heavy atom. The Kier molecular flexibility index (Phi) is 5.20. The first kappa shape index (κ1) is 14.3. The van der Waals surface area contributed by atoms with E-state index in [9.17, 15) is 4.39 Å². The first-order valence-electron chi connectivity index (χ1n) is 7.23. The fourth-order valence-electron chi connectivity index (χ4n) is 3.09. The third-order valence-corrected chi connectivity index (χ3v) is 4.21. The highest BCUT2D eigenvalue weighted by molar-refractivity contribution is 5.31. The maximum atomic E-state index is 14.2. The van der Waals surface area contributed by atoms with Crippen LogP contribution in [0.1, 0.15) is 37.7 Å². The molecule has 0 saturated heterocycles. The van der Waals surface area contributed by atoms with E-state index in [1.165, 1.54) is 32.8 Å². The molecule has 1 aliphatic carbocycles.